The normalized spacial score (nSPS) is 11.9. The van der Waals surface area contributed by atoms with Crippen molar-refractivity contribution in [3.05, 3.63) is 70.6 Å². The number of rotatable bonds is 16. The fourth-order valence-electron chi connectivity index (χ4n) is 4.27. The van der Waals surface area contributed by atoms with Crippen LogP contribution in [0.25, 0.3) is 31.5 Å². The van der Waals surface area contributed by atoms with Crippen LogP contribution >= 0.6 is 0 Å². The van der Waals surface area contributed by atoms with E-state index in [4.69, 9.17) is 33.4 Å². The van der Waals surface area contributed by atoms with E-state index in [9.17, 15) is 27.0 Å². The van der Waals surface area contributed by atoms with Gasteiger partial charge < -0.3 is 24.4 Å². The van der Waals surface area contributed by atoms with E-state index < -0.39 is 20.2 Å². The Morgan fingerprint density at radius 2 is 0.867 bits per heavy atom. The van der Waals surface area contributed by atoms with Crippen molar-refractivity contribution in [2.75, 3.05) is 52.9 Å². The molecule has 4 rings (SSSR count). The van der Waals surface area contributed by atoms with Crippen LogP contribution in [0.2, 0.25) is 0 Å². The first-order valence-corrected chi connectivity index (χ1v) is 16.1. The zero-order chi connectivity index (χ0) is 32.5. The van der Waals surface area contributed by atoms with Crippen LogP contribution in [0, 0.1) is 10.8 Å². The Kier molecular flexibility index (Phi) is 11.2. The van der Waals surface area contributed by atoms with Crippen LogP contribution < -0.4 is 0 Å². The highest BCUT2D eigenvalue weighted by molar-refractivity contribution is 7.87. The van der Waals surface area contributed by atoms with Gasteiger partial charge in [0.2, 0.25) is 22.3 Å². The maximum atomic E-state index is 12.7. The van der Waals surface area contributed by atoms with Crippen molar-refractivity contribution in [1.82, 2.24) is 0 Å². The Morgan fingerprint density at radius 1 is 0.511 bits per heavy atom. The molecule has 0 aliphatic rings. The number of diazo groups is 2. The lowest BCUT2D eigenvalue weighted by molar-refractivity contribution is 0.00559. The summed E-state index contributed by atoms with van der Waals surface area (Å²) in [6.07, 6.45) is 0. The summed E-state index contributed by atoms with van der Waals surface area (Å²) in [6.45, 7) is 0.0531. The molecule has 4 aromatic rings. The molecule has 0 saturated carbocycles. The third kappa shape index (κ3) is 7.98. The number of hydrogen-bond acceptors (Lipinski definition) is 13. The largest absolute Gasteiger partial charge is 0.501 e. The zero-order valence-electron chi connectivity index (χ0n) is 23.6. The molecule has 0 fully saturated rings. The smallest absolute Gasteiger partial charge is 0.426 e. The molecule has 0 amide bonds. The van der Waals surface area contributed by atoms with Crippen molar-refractivity contribution in [3.63, 3.8) is 0 Å². The van der Waals surface area contributed by atoms with Gasteiger partial charge in [0.15, 0.2) is 9.95 Å². The Morgan fingerprint density at radius 3 is 1.22 bits per heavy atom. The van der Waals surface area contributed by atoms with Gasteiger partial charge in [0.05, 0.1) is 52.9 Å². The predicted molar refractivity (Wildman–Crippen MR) is 159 cm³/mol. The van der Waals surface area contributed by atoms with E-state index in [1.54, 1.807) is 0 Å². The van der Waals surface area contributed by atoms with E-state index in [0.29, 0.717) is 0 Å². The van der Waals surface area contributed by atoms with Gasteiger partial charge in [-0.15, -0.1) is 0 Å². The standard InChI is InChI=1S/C28H26N4O11S2/c29-31-23-9-7-19-21(27(23)33)3-1-5-25(19)44(35,36)42-17-15-40-13-11-39-12-14-41-16-18-43-45(37,38)26-6-2-4-22-20(26)8-10-24(32-30)28(22)34/h1-10H,11-18H2/p+2. The van der Waals surface area contributed by atoms with Crippen LogP contribution in [-0.2, 0) is 42.8 Å². The van der Waals surface area contributed by atoms with Crippen LogP contribution in [0.3, 0.4) is 0 Å². The van der Waals surface area contributed by atoms with Gasteiger partial charge in [0.1, 0.15) is 9.79 Å². The second kappa shape index (κ2) is 15.0. The van der Waals surface area contributed by atoms with E-state index in [-0.39, 0.29) is 107 Å². The molecule has 0 radical (unpaired) electrons. The first-order chi connectivity index (χ1) is 21.6. The zero-order valence-corrected chi connectivity index (χ0v) is 25.2. The molecule has 0 aliphatic heterocycles. The van der Waals surface area contributed by atoms with Gasteiger partial charge in [-0.25, -0.2) is 0 Å². The second-order valence-corrected chi connectivity index (χ2v) is 12.3. The maximum absolute atomic E-state index is 12.7. The Balaban J connectivity index is 1.10. The molecule has 0 bridgehead atoms. The maximum Gasteiger partial charge on any atom is 0.426 e. The third-order valence-electron chi connectivity index (χ3n) is 6.37. The quantitative estimate of drug-likeness (QED) is 0.0961. The van der Waals surface area contributed by atoms with Crippen molar-refractivity contribution in [3.8, 4) is 11.5 Å². The monoisotopic (exact) mass is 660 g/mol. The summed E-state index contributed by atoms with van der Waals surface area (Å²) in [5.74, 6) is -0.726. The third-order valence-corrected chi connectivity index (χ3v) is 9.12. The molecule has 45 heavy (non-hydrogen) atoms. The van der Waals surface area contributed by atoms with Gasteiger partial charge in [-0.2, -0.15) is 16.8 Å². The first kappa shape index (κ1) is 33.4. The molecule has 0 aliphatic carbocycles. The molecular weight excluding hydrogens is 632 g/mol. The number of nitrogens with zero attached hydrogens (tertiary/aromatic N) is 4. The summed E-state index contributed by atoms with van der Waals surface area (Å²) in [5.41, 5.74) is -0.199. The van der Waals surface area contributed by atoms with E-state index in [0.717, 1.165) is 0 Å². The van der Waals surface area contributed by atoms with Gasteiger partial charge in [-0.1, -0.05) is 24.3 Å². The molecule has 0 unspecified atom stereocenters. The Labute approximate surface area is 258 Å². The summed E-state index contributed by atoms with van der Waals surface area (Å²) in [6, 6.07) is 13.8. The number of phenols is 2. The van der Waals surface area contributed by atoms with Crippen LogP contribution in [-0.4, -0.2) is 79.9 Å². The number of aromatic hydroxyl groups is 2. The predicted octanol–water partition coefficient (Wildman–Crippen LogP) is 4.53. The molecule has 0 heterocycles. The highest BCUT2D eigenvalue weighted by atomic mass is 32.2. The number of phenolic OH excluding ortho intramolecular Hbond substituents is 2. The molecule has 15 nitrogen and oxygen atoms in total. The summed E-state index contributed by atoms with van der Waals surface area (Å²) in [7, 11) is -8.35. The minimum Gasteiger partial charge on any atom is -0.501 e. The Bertz CT molecular complexity index is 1850. The lowest BCUT2D eigenvalue weighted by Gasteiger charge is -2.10. The number of hydrogen-bond donors (Lipinski definition) is 2. The van der Waals surface area contributed by atoms with Crippen molar-refractivity contribution in [2.45, 2.75) is 9.79 Å². The molecule has 2 N–H and O–H groups in total. The highest BCUT2D eigenvalue weighted by Crippen LogP contribution is 2.38. The minimum absolute atomic E-state index is 0.0390. The lowest BCUT2D eigenvalue weighted by Crippen LogP contribution is -2.16. The number of ether oxygens (including phenoxy) is 3. The van der Waals surface area contributed by atoms with Gasteiger partial charge >= 0.3 is 11.4 Å². The SMILES string of the molecule is N#[N+]c1ccc2c(S(=O)(=O)OCCOCCOCCOCCOS(=O)(=O)c3cccc4c(O)c([N+]#N)ccc34)cccc2c1O. The molecule has 17 heteroatoms. The lowest BCUT2D eigenvalue weighted by atomic mass is 10.1. The molecule has 0 saturated heterocycles. The average Bonchev–Trinajstić information content (AvgIpc) is 3.03. The molecule has 236 valence electrons. The molecular formula is C28H28N4O11S2+2. The minimum atomic E-state index is -4.18. The summed E-state index contributed by atoms with van der Waals surface area (Å²) < 4.78 is 76.8. The fourth-order valence-corrected chi connectivity index (χ4v) is 6.49. The van der Waals surface area contributed by atoms with E-state index >= 15 is 0 Å². The van der Waals surface area contributed by atoms with E-state index in [2.05, 4.69) is 9.95 Å². The Hall–Kier alpha value is -4.46. The molecule has 0 aromatic heterocycles. The number of benzene rings is 4. The fraction of sp³-hybridized carbons (Fsp3) is 0.286. The van der Waals surface area contributed by atoms with Crippen LogP contribution in [0.15, 0.2) is 70.5 Å². The first-order valence-electron chi connectivity index (χ1n) is 13.3. The topological polar surface area (TPSA) is 211 Å². The average molecular weight is 661 g/mol. The van der Waals surface area contributed by atoms with Gasteiger partial charge in [0.25, 0.3) is 20.2 Å². The van der Waals surface area contributed by atoms with Crippen LogP contribution in [0.4, 0.5) is 11.4 Å². The van der Waals surface area contributed by atoms with Crippen molar-refractivity contribution >= 4 is 53.2 Å². The molecule has 0 atom stereocenters. The summed E-state index contributed by atoms with van der Waals surface area (Å²) in [5, 5.41) is 39.0. The summed E-state index contributed by atoms with van der Waals surface area (Å²) in [4.78, 5) is 5.59. The van der Waals surface area contributed by atoms with Gasteiger partial charge in [-0.3, -0.25) is 8.37 Å². The van der Waals surface area contributed by atoms with E-state index in [1.165, 1.54) is 60.7 Å². The van der Waals surface area contributed by atoms with Crippen molar-refractivity contribution in [1.29, 1.82) is 10.8 Å². The number of fused-ring (bicyclic) bond motifs is 2. The van der Waals surface area contributed by atoms with Crippen LogP contribution in [0.5, 0.6) is 11.5 Å². The van der Waals surface area contributed by atoms with Gasteiger partial charge in [0, 0.05) is 33.7 Å². The summed E-state index contributed by atoms with van der Waals surface area (Å²) >= 11 is 0. The second-order valence-electron chi connectivity index (χ2n) is 9.16. The van der Waals surface area contributed by atoms with Crippen LogP contribution in [0.1, 0.15) is 0 Å². The van der Waals surface area contributed by atoms with E-state index in [1.807, 2.05) is 0 Å². The molecule has 4 aromatic carbocycles. The van der Waals surface area contributed by atoms with Crippen molar-refractivity contribution in [2.24, 2.45) is 0 Å². The molecule has 0 spiro atoms. The van der Waals surface area contributed by atoms with Gasteiger partial charge in [-0.05, 0) is 24.3 Å². The van der Waals surface area contributed by atoms with Crippen molar-refractivity contribution < 1.29 is 49.6 Å². The highest BCUT2D eigenvalue weighted by Gasteiger charge is 2.24.